The largest absolute Gasteiger partial charge is 0.493 e. The highest BCUT2D eigenvalue weighted by Crippen LogP contribution is 2.38. The smallest absolute Gasteiger partial charge is 0.307 e. The second kappa shape index (κ2) is 8.75. The van der Waals surface area contributed by atoms with E-state index in [1.807, 2.05) is 0 Å². The summed E-state index contributed by atoms with van der Waals surface area (Å²) in [5, 5.41) is 11.7. The van der Waals surface area contributed by atoms with Crippen molar-refractivity contribution in [1.82, 2.24) is 0 Å². The Bertz CT molecular complexity index is 777. The Morgan fingerprint density at radius 1 is 0.962 bits per heavy atom. The number of hydrogen-bond donors (Lipinski definition) is 2. The maximum Gasteiger partial charge on any atom is 0.307 e. The molecule has 0 saturated heterocycles. The van der Waals surface area contributed by atoms with Gasteiger partial charge in [0.25, 0.3) is 0 Å². The van der Waals surface area contributed by atoms with Gasteiger partial charge >= 0.3 is 5.97 Å². The standard InChI is InChI=1S/C19H21NO6/c1-24-15-8-12(9-16(25-2)19(15)26-3)10-17(21)20-14-7-5-4-6-13(14)11-18(22)23/h4-9H,10-11H2,1-3H3,(H,20,21)(H,22,23). The second-order valence-corrected chi connectivity index (χ2v) is 5.49. The lowest BCUT2D eigenvalue weighted by molar-refractivity contribution is -0.136. The minimum absolute atomic E-state index is 0.0676. The van der Waals surface area contributed by atoms with E-state index < -0.39 is 5.97 Å². The second-order valence-electron chi connectivity index (χ2n) is 5.49. The van der Waals surface area contributed by atoms with Crippen molar-refractivity contribution in [3.05, 3.63) is 47.5 Å². The highest BCUT2D eigenvalue weighted by Gasteiger charge is 2.16. The quantitative estimate of drug-likeness (QED) is 0.752. The van der Waals surface area contributed by atoms with Gasteiger partial charge in [0, 0.05) is 5.69 Å². The molecule has 0 fully saturated rings. The van der Waals surface area contributed by atoms with Gasteiger partial charge in [-0.15, -0.1) is 0 Å². The molecular formula is C19H21NO6. The summed E-state index contributed by atoms with van der Waals surface area (Å²) in [7, 11) is 4.51. The van der Waals surface area contributed by atoms with Crippen LogP contribution in [0.1, 0.15) is 11.1 Å². The summed E-state index contributed by atoms with van der Waals surface area (Å²) in [6, 6.07) is 10.2. The molecule has 2 aromatic rings. The predicted molar refractivity (Wildman–Crippen MR) is 96.2 cm³/mol. The van der Waals surface area contributed by atoms with Crippen LogP contribution in [0.2, 0.25) is 0 Å². The molecule has 0 aromatic heterocycles. The lowest BCUT2D eigenvalue weighted by Crippen LogP contribution is -2.16. The monoisotopic (exact) mass is 359 g/mol. The highest BCUT2D eigenvalue weighted by molar-refractivity contribution is 5.93. The van der Waals surface area contributed by atoms with Gasteiger partial charge in [-0.3, -0.25) is 9.59 Å². The summed E-state index contributed by atoms with van der Waals surface area (Å²) in [6.45, 7) is 0. The number of ether oxygens (including phenoxy) is 3. The van der Waals surface area contributed by atoms with Gasteiger partial charge in [-0.05, 0) is 29.3 Å². The molecule has 0 aliphatic heterocycles. The molecule has 0 aliphatic rings. The summed E-state index contributed by atoms with van der Waals surface area (Å²) >= 11 is 0. The fourth-order valence-electron chi connectivity index (χ4n) is 2.58. The van der Waals surface area contributed by atoms with Crippen molar-refractivity contribution in [3.63, 3.8) is 0 Å². The van der Waals surface area contributed by atoms with E-state index in [-0.39, 0.29) is 18.7 Å². The van der Waals surface area contributed by atoms with Gasteiger partial charge in [0.15, 0.2) is 11.5 Å². The number of rotatable bonds is 8. The molecule has 0 atom stereocenters. The van der Waals surface area contributed by atoms with Crippen LogP contribution in [0.15, 0.2) is 36.4 Å². The van der Waals surface area contributed by atoms with E-state index in [9.17, 15) is 9.59 Å². The van der Waals surface area contributed by atoms with Crippen LogP contribution >= 0.6 is 0 Å². The van der Waals surface area contributed by atoms with Gasteiger partial charge in [0.1, 0.15) is 0 Å². The Morgan fingerprint density at radius 2 is 1.58 bits per heavy atom. The highest BCUT2D eigenvalue weighted by atomic mass is 16.5. The van der Waals surface area contributed by atoms with Crippen LogP contribution in [-0.4, -0.2) is 38.3 Å². The molecule has 1 amide bonds. The third kappa shape index (κ3) is 4.66. The van der Waals surface area contributed by atoms with Gasteiger partial charge < -0.3 is 24.6 Å². The summed E-state index contributed by atoms with van der Waals surface area (Å²) in [5.74, 6) is 0.126. The van der Waals surface area contributed by atoms with E-state index in [0.717, 1.165) is 0 Å². The van der Waals surface area contributed by atoms with Crippen LogP contribution in [-0.2, 0) is 22.4 Å². The first-order valence-electron chi connectivity index (χ1n) is 7.87. The van der Waals surface area contributed by atoms with Crippen molar-refractivity contribution >= 4 is 17.6 Å². The number of benzene rings is 2. The van der Waals surface area contributed by atoms with Gasteiger partial charge in [-0.2, -0.15) is 0 Å². The maximum atomic E-state index is 12.4. The van der Waals surface area contributed by atoms with Crippen LogP contribution < -0.4 is 19.5 Å². The van der Waals surface area contributed by atoms with E-state index in [1.165, 1.54) is 21.3 Å². The molecule has 2 rings (SSSR count). The number of carboxylic acids is 1. The Morgan fingerprint density at radius 3 is 2.12 bits per heavy atom. The molecule has 0 bridgehead atoms. The predicted octanol–water partition coefficient (Wildman–Crippen LogP) is 2.52. The van der Waals surface area contributed by atoms with Gasteiger partial charge in [0.05, 0.1) is 34.2 Å². The van der Waals surface area contributed by atoms with Crippen LogP contribution in [0.3, 0.4) is 0 Å². The molecule has 26 heavy (non-hydrogen) atoms. The minimum Gasteiger partial charge on any atom is -0.493 e. The minimum atomic E-state index is -0.962. The number of methoxy groups -OCH3 is 3. The van der Waals surface area contributed by atoms with E-state index in [2.05, 4.69) is 5.32 Å². The molecule has 0 saturated carbocycles. The first kappa shape index (κ1) is 19.1. The molecule has 7 heteroatoms. The Hall–Kier alpha value is -3.22. The van der Waals surface area contributed by atoms with Crippen LogP contribution in [0.5, 0.6) is 17.2 Å². The van der Waals surface area contributed by atoms with Crippen molar-refractivity contribution in [3.8, 4) is 17.2 Å². The molecule has 0 radical (unpaired) electrons. The first-order chi connectivity index (χ1) is 12.5. The molecule has 7 nitrogen and oxygen atoms in total. The molecule has 0 spiro atoms. The van der Waals surface area contributed by atoms with E-state index >= 15 is 0 Å². The molecule has 0 aliphatic carbocycles. The zero-order valence-electron chi connectivity index (χ0n) is 14.9. The fraction of sp³-hybridized carbons (Fsp3) is 0.263. The Kier molecular flexibility index (Phi) is 6.43. The normalized spacial score (nSPS) is 10.1. The average Bonchev–Trinajstić information content (AvgIpc) is 2.61. The molecule has 0 heterocycles. The summed E-state index contributed by atoms with van der Waals surface area (Å²) < 4.78 is 15.8. The Balaban J connectivity index is 2.19. The number of carbonyl (C=O) groups is 2. The van der Waals surface area contributed by atoms with Crippen LogP contribution in [0, 0.1) is 0 Å². The molecule has 2 aromatic carbocycles. The summed E-state index contributed by atoms with van der Waals surface area (Å²) in [4.78, 5) is 23.3. The number of carboxylic acid groups (broad SMARTS) is 1. The number of carbonyl (C=O) groups excluding carboxylic acids is 1. The van der Waals surface area contributed by atoms with Gasteiger partial charge in [-0.25, -0.2) is 0 Å². The van der Waals surface area contributed by atoms with Crippen LogP contribution in [0.4, 0.5) is 5.69 Å². The third-order valence-electron chi connectivity index (χ3n) is 3.72. The Labute approximate surface area is 151 Å². The number of anilines is 1. The number of para-hydroxylation sites is 1. The van der Waals surface area contributed by atoms with Crippen molar-refractivity contribution in [2.24, 2.45) is 0 Å². The first-order valence-corrected chi connectivity index (χ1v) is 7.87. The average molecular weight is 359 g/mol. The summed E-state index contributed by atoms with van der Waals surface area (Å²) in [6.07, 6.45) is -0.0985. The van der Waals surface area contributed by atoms with Crippen molar-refractivity contribution in [2.45, 2.75) is 12.8 Å². The lowest BCUT2D eigenvalue weighted by atomic mass is 10.1. The lowest BCUT2D eigenvalue weighted by Gasteiger charge is -2.14. The fourth-order valence-corrected chi connectivity index (χ4v) is 2.58. The van der Waals surface area contributed by atoms with Crippen molar-refractivity contribution in [1.29, 1.82) is 0 Å². The van der Waals surface area contributed by atoms with Gasteiger partial charge in [0.2, 0.25) is 11.7 Å². The number of amides is 1. The zero-order chi connectivity index (χ0) is 19.1. The van der Waals surface area contributed by atoms with Crippen LogP contribution in [0.25, 0.3) is 0 Å². The van der Waals surface area contributed by atoms with Crippen molar-refractivity contribution < 1.29 is 28.9 Å². The zero-order valence-corrected chi connectivity index (χ0v) is 14.9. The van der Waals surface area contributed by atoms with E-state index in [1.54, 1.807) is 36.4 Å². The topological polar surface area (TPSA) is 94.1 Å². The molecular weight excluding hydrogens is 338 g/mol. The van der Waals surface area contributed by atoms with E-state index in [0.29, 0.717) is 34.1 Å². The summed E-state index contributed by atoms with van der Waals surface area (Å²) in [5.41, 5.74) is 1.69. The SMILES string of the molecule is COc1cc(CC(=O)Nc2ccccc2CC(=O)O)cc(OC)c1OC. The third-order valence-corrected chi connectivity index (χ3v) is 3.72. The van der Waals surface area contributed by atoms with Gasteiger partial charge in [-0.1, -0.05) is 18.2 Å². The number of nitrogens with one attached hydrogen (secondary N) is 1. The number of hydrogen-bond acceptors (Lipinski definition) is 5. The molecule has 138 valence electrons. The maximum absolute atomic E-state index is 12.4. The van der Waals surface area contributed by atoms with E-state index in [4.69, 9.17) is 19.3 Å². The number of aliphatic carboxylic acids is 1. The van der Waals surface area contributed by atoms with Crippen molar-refractivity contribution in [2.75, 3.05) is 26.6 Å². The molecule has 2 N–H and O–H groups in total. The molecule has 0 unspecified atom stereocenters.